The Morgan fingerprint density at radius 2 is 2.00 bits per heavy atom. The van der Waals surface area contributed by atoms with E-state index in [0.717, 1.165) is 44.7 Å². The topological polar surface area (TPSA) is 58.1 Å². The Balaban J connectivity index is 2.53. The molecule has 0 saturated heterocycles. The monoisotopic (exact) mass is 344 g/mol. The summed E-state index contributed by atoms with van der Waals surface area (Å²) < 4.78 is 0. The maximum Gasteiger partial charge on any atom is 0.230 e. The minimum atomic E-state index is 0.00840. The molecule has 0 radical (unpaired) electrons. The lowest BCUT2D eigenvalue weighted by molar-refractivity contribution is -0.118. The summed E-state index contributed by atoms with van der Waals surface area (Å²) >= 11 is 7.36. The van der Waals surface area contributed by atoms with Gasteiger partial charge in [-0.25, -0.2) is 9.97 Å². The molecule has 0 saturated carbocycles. The minimum absolute atomic E-state index is 0.00840. The number of halogens is 1. The summed E-state index contributed by atoms with van der Waals surface area (Å²) in [6.07, 6.45) is 3.31. The second-order valence-corrected chi connectivity index (χ2v) is 6.18. The average molecular weight is 345 g/mol. The fourth-order valence-corrected chi connectivity index (χ4v) is 2.85. The van der Waals surface area contributed by atoms with E-state index in [1.54, 1.807) is 6.07 Å². The Morgan fingerprint density at radius 3 is 2.64 bits per heavy atom. The second kappa shape index (κ2) is 10.7. The van der Waals surface area contributed by atoms with Gasteiger partial charge in [0.05, 0.1) is 5.75 Å². The van der Waals surface area contributed by atoms with Crippen LogP contribution in [-0.2, 0) is 4.79 Å². The van der Waals surface area contributed by atoms with Crippen LogP contribution in [0.2, 0.25) is 5.15 Å². The molecule has 1 aromatic rings. The van der Waals surface area contributed by atoms with Gasteiger partial charge < -0.3 is 10.2 Å². The van der Waals surface area contributed by atoms with Crippen LogP contribution in [0.4, 0.5) is 5.82 Å². The third kappa shape index (κ3) is 6.83. The van der Waals surface area contributed by atoms with Crippen LogP contribution in [-0.4, -0.2) is 41.3 Å². The highest BCUT2D eigenvalue weighted by Gasteiger charge is 2.10. The van der Waals surface area contributed by atoms with Crippen molar-refractivity contribution in [2.75, 3.05) is 30.3 Å². The number of aromatic nitrogens is 2. The minimum Gasteiger partial charge on any atom is -0.357 e. The lowest BCUT2D eigenvalue weighted by Gasteiger charge is -2.20. The molecule has 5 nitrogen and oxygen atoms in total. The Hall–Kier alpha value is -1.01. The molecule has 0 unspecified atom stereocenters. The number of anilines is 1. The Labute approximate surface area is 142 Å². The van der Waals surface area contributed by atoms with Gasteiger partial charge in [0, 0.05) is 25.7 Å². The van der Waals surface area contributed by atoms with Gasteiger partial charge in [-0.05, 0) is 20.3 Å². The van der Waals surface area contributed by atoms with Crippen molar-refractivity contribution in [3.05, 3.63) is 11.2 Å². The standard InChI is InChI=1S/C15H25ClN4OS/c1-4-7-8-9-17-14(21)11-22-15-18-12(16)10-13(19-15)20(5-2)6-3/h10H,4-9,11H2,1-3H3,(H,17,21). The first-order valence-electron chi connectivity index (χ1n) is 7.79. The second-order valence-electron chi connectivity index (χ2n) is 4.85. The maximum atomic E-state index is 11.8. The summed E-state index contributed by atoms with van der Waals surface area (Å²) in [6.45, 7) is 8.71. The van der Waals surface area contributed by atoms with Gasteiger partial charge in [-0.1, -0.05) is 43.1 Å². The number of unbranched alkanes of at least 4 members (excludes halogenated alkanes) is 2. The summed E-state index contributed by atoms with van der Waals surface area (Å²) in [7, 11) is 0. The van der Waals surface area contributed by atoms with Crippen molar-refractivity contribution in [1.82, 2.24) is 15.3 Å². The maximum absolute atomic E-state index is 11.8. The molecule has 124 valence electrons. The molecule has 1 N–H and O–H groups in total. The van der Waals surface area contributed by atoms with E-state index in [1.807, 2.05) is 0 Å². The molecule has 0 bridgehead atoms. The zero-order valence-electron chi connectivity index (χ0n) is 13.6. The number of carbonyl (C=O) groups excluding carboxylic acids is 1. The number of rotatable bonds is 10. The Bertz CT molecular complexity index is 469. The number of nitrogens with one attached hydrogen (secondary N) is 1. The van der Waals surface area contributed by atoms with Gasteiger partial charge >= 0.3 is 0 Å². The van der Waals surface area contributed by atoms with Gasteiger partial charge in [0.1, 0.15) is 11.0 Å². The molecule has 1 amide bonds. The molecule has 1 aromatic heterocycles. The fraction of sp³-hybridized carbons (Fsp3) is 0.667. The smallest absolute Gasteiger partial charge is 0.230 e. The van der Waals surface area contributed by atoms with Gasteiger partial charge in [0.2, 0.25) is 5.91 Å². The van der Waals surface area contributed by atoms with E-state index < -0.39 is 0 Å². The van der Waals surface area contributed by atoms with E-state index in [2.05, 4.69) is 41.0 Å². The molecule has 1 heterocycles. The summed E-state index contributed by atoms with van der Waals surface area (Å²) in [5, 5.41) is 3.85. The highest BCUT2D eigenvalue weighted by atomic mass is 35.5. The summed E-state index contributed by atoms with van der Waals surface area (Å²) in [6, 6.07) is 1.75. The summed E-state index contributed by atoms with van der Waals surface area (Å²) in [5.41, 5.74) is 0. The molecular weight excluding hydrogens is 320 g/mol. The fourth-order valence-electron chi connectivity index (χ4n) is 1.94. The number of hydrogen-bond acceptors (Lipinski definition) is 5. The van der Waals surface area contributed by atoms with Crippen LogP contribution in [0.25, 0.3) is 0 Å². The van der Waals surface area contributed by atoms with E-state index in [-0.39, 0.29) is 5.91 Å². The molecule has 22 heavy (non-hydrogen) atoms. The number of amides is 1. The highest BCUT2D eigenvalue weighted by Crippen LogP contribution is 2.21. The largest absolute Gasteiger partial charge is 0.357 e. The first kappa shape index (κ1) is 19.0. The zero-order valence-corrected chi connectivity index (χ0v) is 15.1. The number of carbonyl (C=O) groups is 1. The van der Waals surface area contributed by atoms with Gasteiger partial charge in [0.25, 0.3) is 0 Å². The molecule has 0 aliphatic rings. The van der Waals surface area contributed by atoms with Crippen molar-refractivity contribution >= 4 is 35.1 Å². The van der Waals surface area contributed by atoms with E-state index in [9.17, 15) is 4.79 Å². The number of nitrogens with zero attached hydrogens (tertiary/aromatic N) is 3. The van der Waals surface area contributed by atoms with Gasteiger partial charge in [-0.3, -0.25) is 4.79 Å². The molecule has 0 fully saturated rings. The van der Waals surface area contributed by atoms with E-state index >= 15 is 0 Å². The number of thioether (sulfide) groups is 1. The van der Waals surface area contributed by atoms with Crippen LogP contribution >= 0.6 is 23.4 Å². The third-order valence-corrected chi connectivity index (χ3v) is 4.22. The van der Waals surface area contributed by atoms with Crippen LogP contribution in [0.15, 0.2) is 11.2 Å². The molecule has 0 atom stereocenters. The SMILES string of the molecule is CCCCCNC(=O)CSc1nc(Cl)cc(N(CC)CC)n1. The molecule has 7 heteroatoms. The van der Waals surface area contributed by atoms with Crippen molar-refractivity contribution in [3.63, 3.8) is 0 Å². The van der Waals surface area contributed by atoms with E-state index in [4.69, 9.17) is 11.6 Å². The van der Waals surface area contributed by atoms with Gasteiger partial charge in [-0.2, -0.15) is 0 Å². The first-order chi connectivity index (χ1) is 10.6. The molecule has 0 aliphatic heterocycles. The van der Waals surface area contributed by atoms with Crippen LogP contribution in [0.3, 0.4) is 0 Å². The predicted molar refractivity (Wildman–Crippen MR) is 93.9 cm³/mol. The number of hydrogen-bond donors (Lipinski definition) is 1. The molecule has 1 rings (SSSR count). The summed E-state index contributed by atoms with van der Waals surface area (Å²) in [4.78, 5) is 22.5. The van der Waals surface area contributed by atoms with Crippen LogP contribution < -0.4 is 10.2 Å². The third-order valence-electron chi connectivity index (χ3n) is 3.18. The predicted octanol–water partition coefficient (Wildman–Crippen LogP) is 3.37. The molecule has 0 spiro atoms. The lowest BCUT2D eigenvalue weighted by Crippen LogP contribution is -2.26. The van der Waals surface area contributed by atoms with Crippen LogP contribution in [0.5, 0.6) is 0 Å². The normalized spacial score (nSPS) is 10.5. The lowest BCUT2D eigenvalue weighted by atomic mass is 10.2. The first-order valence-corrected chi connectivity index (χ1v) is 9.16. The molecule has 0 aromatic carbocycles. The van der Waals surface area contributed by atoms with E-state index in [0.29, 0.717) is 16.1 Å². The van der Waals surface area contributed by atoms with Crippen molar-refractivity contribution < 1.29 is 4.79 Å². The van der Waals surface area contributed by atoms with Crippen molar-refractivity contribution in [1.29, 1.82) is 0 Å². The molecule has 0 aliphatic carbocycles. The Kier molecular flexibility index (Phi) is 9.24. The van der Waals surface area contributed by atoms with Crippen molar-refractivity contribution in [2.24, 2.45) is 0 Å². The average Bonchev–Trinajstić information content (AvgIpc) is 2.50. The Morgan fingerprint density at radius 1 is 1.27 bits per heavy atom. The van der Waals surface area contributed by atoms with Gasteiger partial charge in [0.15, 0.2) is 5.16 Å². The van der Waals surface area contributed by atoms with Crippen LogP contribution in [0, 0.1) is 0 Å². The zero-order chi connectivity index (χ0) is 16.4. The van der Waals surface area contributed by atoms with Crippen molar-refractivity contribution in [2.45, 2.75) is 45.2 Å². The van der Waals surface area contributed by atoms with Crippen molar-refractivity contribution in [3.8, 4) is 0 Å². The molecular formula is C15H25ClN4OS. The van der Waals surface area contributed by atoms with E-state index in [1.165, 1.54) is 11.8 Å². The highest BCUT2D eigenvalue weighted by molar-refractivity contribution is 7.99. The summed E-state index contributed by atoms with van der Waals surface area (Å²) in [5.74, 6) is 1.12. The quantitative estimate of drug-likeness (QED) is 0.305. The van der Waals surface area contributed by atoms with Crippen LogP contribution in [0.1, 0.15) is 40.0 Å². The van der Waals surface area contributed by atoms with Gasteiger partial charge in [-0.15, -0.1) is 0 Å².